The second kappa shape index (κ2) is 7.25. The van der Waals surface area contributed by atoms with Crippen LogP contribution in [0.1, 0.15) is 20.3 Å². The van der Waals surface area contributed by atoms with Crippen LogP contribution in [0.4, 0.5) is 13.2 Å². The Hall–Kier alpha value is -1.02. The number of benzene rings is 1. The molecular formula is C15H16BrF3N2OS. The average molecular weight is 409 g/mol. The van der Waals surface area contributed by atoms with Crippen LogP contribution in [0.2, 0.25) is 0 Å². The van der Waals surface area contributed by atoms with Crippen LogP contribution >= 0.6 is 27.7 Å². The summed E-state index contributed by atoms with van der Waals surface area (Å²) in [7, 11) is 0. The van der Waals surface area contributed by atoms with E-state index in [0.29, 0.717) is 22.6 Å². The molecule has 0 unspecified atom stereocenters. The maximum absolute atomic E-state index is 12.7. The third kappa shape index (κ3) is 4.97. The fourth-order valence-electron chi connectivity index (χ4n) is 2.07. The molecule has 0 spiro atoms. The third-order valence-electron chi connectivity index (χ3n) is 3.05. The quantitative estimate of drug-likeness (QED) is 0.523. The second-order valence-corrected chi connectivity index (χ2v) is 7.56. The molecule has 0 bridgehead atoms. The van der Waals surface area contributed by atoms with Crippen LogP contribution < -0.4 is 5.56 Å². The Morgan fingerprint density at radius 3 is 2.65 bits per heavy atom. The molecule has 1 aromatic heterocycles. The monoisotopic (exact) mass is 408 g/mol. The summed E-state index contributed by atoms with van der Waals surface area (Å²) >= 11 is 4.29. The van der Waals surface area contributed by atoms with E-state index in [0.717, 1.165) is 16.2 Å². The molecule has 3 nitrogen and oxygen atoms in total. The summed E-state index contributed by atoms with van der Waals surface area (Å²) in [6.45, 7) is 4.31. The standard InChI is InChI=1S/C15H16BrF3N2OS/c1-9(2)8-21-13(22)11-7-10(16)3-4-12(11)20-14(21)23-6-5-15(17,18)19/h3-4,7,9H,5-6,8H2,1-2H3. The van der Waals surface area contributed by atoms with Crippen LogP contribution in [0.15, 0.2) is 32.6 Å². The van der Waals surface area contributed by atoms with Crippen LogP contribution in [0, 0.1) is 5.92 Å². The van der Waals surface area contributed by atoms with E-state index in [1.807, 2.05) is 13.8 Å². The van der Waals surface area contributed by atoms with Crippen LogP contribution in [0.3, 0.4) is 0 Å². The molecule has 0 atom stereocenters. The molecule has 0 aliphatic rings. The van der Waals surface area contributed by atoms with Gasteiger partial charge in [0.15, 0.2) is 5.16 Å². The van der Waals surface area contributed by atoms with E-state index >= 15 is 0 Å². The first-order chi connectivity index (χ1) is 10.7. The summed E-state index contributed by atoms with van der Waals surface area (Å²) in [5.74, 6) is 0.0249. The van der Waals surface area contributed by atoms with Gasteiger partial charge in [0.2, 0.25) is 0 Å². The number of fused-ring (bicyclic) bond motifs is 1. The largest absolute Gasteiger partial charge is 0.389 e. The molecule has 1 aromatic carbocycles. The lowest BCUT2D eigenvalue weighted by Gasteiger charge is -2.15. The zero-order valence-corrected chi connectivity index (χ0v) is 15.1. The number of thioether (sulfide) groups is 1. The fraction of sp³-hybridized carbons (Fsp3) is 0.467. The van der Waals surface area contributed by atoms with E-state index in [2.05, 4.69) is 20.9 Å². The molecule has 0 aliphatic carbocycles. The number of hydrogen-bond acceptors (Lipinski definition) is 3. The SMILES string of the molecule is CC(C)Cn1c(SCCC(F)(F)F)nc2ccc(Br)cc2c1=O. The molecule has 2 aromatic rings. The van der Waals surface area contributed by atoms with E-state index in [9.17, 15) is 18.0 Å². The van der Waals surface area contributed by atoms with E-state index in [1.54, 1.807) is 18.2 Å². The van der Waals surface area contributed by atoms with Crippen LogP contribution in [-0.2, 0) is 6.54 Å². The van der Waals surface area contributed by atoms with Crippen molar-refractivity contribution in [3.05, 3.63) is 33.0 Å². The first-order valence-electron chi connectivity index (χ1n) is 7.07. The molecule has 23 heavy (non-hydrogen) atoms. The molecule has 8 heteroatoms. The molecule has 0 amide bonds. The van der Waals surface area contributed by atoms with Crippen molar-refractivity contribution in [2.24, 2.45) is 5.92 Å². The highest BCUT2D eigenvalue weighted by Gasteiger charge is 2.27. The minimum absolute atomic E-state index is 0.157. The summed E-state index contributed by atoms with van der Waals surface area (Å²) in [6.07, 6.45) is -5.12. The van der Waals surface area contributed by atoms with Crippen molar-refractivity contribution in [2.45, 2.75) is 38.1 Å². The number of alkyl halides is 3. The fourth-order valence-corrected chi connectivity index (χ4v) is 3.42. The van der Waals surface area contributed by atoms with Gasteiger partial charge in [-0.25, -0.2) is 4.98 Å². The van der Waals surface area contributed by atoms with Crippen molar-refractivity contribution in [1.82, 2.24) is 9.55 Å². The maximum atomic E-state index is 12.7. The highest BCUT2D eigenvalue weighted by Crippen LogP contribution is 2.26. The minimum Gasteiger partial charge on any atom is -0.287 e. The van der Waals surface area contributed by atoms with Crippen molar-refractivity contribution >= 4 is 38.6 Å². The van der Waals surface area contributed by atoms with Gasteiger partial charge in [-0.15, -0.1) is 0 Å². The van der Waals surface area contributed by atoms with Crippen LogP contribution in [0.5, 0.6) is 0 Å². The third-order valence-corrected chi connectivity index (χ3v) is 4.52. The predicted octanol–water partition coefficient (Wildman–Crippen LogP) is 4.86. The summed E-state index contributed by atoms with van der Waals surface area (Å²) in [6, 6.07) is 5.13. The number of aromatic nitrogens is 2. The Morgan fingerprint density at radius 1 is 1.35 bits per heavy atom. The summed E-state index contributed by atoms with van der Waals surface area (Å²) in [5, 5.41) is 0.794. The van der Waals surface area contributed by atoms with E-state index < -0.39 is 12.6 Å². The summed E-state index contributed by atoms with van der Waals surface area (Å²) < 4.78 is 39.2. The highest BCUT2D eigenvalue weighted by molar-refractivity contribution is 9.10. The molecule has 0 N–H and O–H groups in total. The van der Waals surface area contributed by atoms with Gasteiger partial charge in [0.25, 0.3) is 5.56 Å². The Bertz CT molecular complexity index is 759. The minimum atomic E-state index is -4.21. The van der Waals surface area contributed by atoms with E-state index in [4.69, 9.17) is 0 Å². The lowest BCUT2D eigenvalue weighted by atomic mass is 10.2. The van der Waals surface area contributed by atoms with Crippen LogP contribution in [-0.4, -0.2) is 21.5 Å². The predicted molar refractivity (Wildman–Crippen MR) is 89.9 cm³/mol. The van der Waals surface area contributed by atoms with Crippen molar-refractivity contribution < 1.29 is 13.2 Å². The van der Waals surface area contributed by atoms with Crippen molar-refractivity contribution in [2.75, 3.05) is 5.75 Å². The Labute approximate surface area is 144 Å². The molecule has 2 rings (SSSR count). The summed E-state index contributed by atoms with van der Waals surface area (Å²) in [4.78, 5) is 17.1. The Balaban J connectivity index is 2.44. The van der Waals surface area contributed by atoms with Crippen LogP contribution in [0.25, 0.3) is 10.9 Å². The smallest absolute Gasteiger partial charge is 0.287 e. The first kappa shape index (κ1) is 18.3. The van der Waals surface area contributed by atoms with Gasteiger partial charge < -0.3 is 0 Å². The molecule has 0 fully saturated rings. The molecule has 126 valence electrons. The Morgan fingerprint density at radius 2 is 2.04 bits per heavy atom. The number of hydrogen-bond donors (Lipinski definition) is 0. The van der Waals surface area contributed by atoms with Gasteiger partial charge in [0.1, 0.15) is 0 Å². The second-order valence-electron chi connectivity index (χ2n) is 5.58. The normalized spacial score (nSPS) is 12.3. The maximum Gasteiger partial charge on any atom is 0.389 e. The topological polar surface area (TPSA) is 34.9 Å². The van der Waals surface area contributed by atoms with Gasteiger partial charge >= 0.3 is 6.18 Å². The lowest BCUT2D eigenvalue weighted by molar-refractivity contribution is -0.129. The molecule has 0 radical (unpaired) electrons. The molecule has 0 saturated carbocycles. The molecular weight excluding hydrogens is 393 g/mol. The number of nitrogens with zero attached hydrogens (tertiary/aromatic N) is 2. The zero-order chi connectivity index (χ0) is 17.2. The van der Waals surface area contributed by atoms with Gasteiger partial charge in [-0.2, -0.15) is 13.2 Å². The highest BCUT2D eigenvalue weighted by atomic mass is 79.9. The van der Waals surface area contributed by atoms with Gasteiger partial charge in [-0.05, 0) is 24.1 Å². The van der Waals surface area contributed by atoms with Crippen molar-refractivity contribution in [1.29, 1.82) is 0 Å². The molecule has 0 aliphatic heterocycles. The summed E-state index contributed by atoms with van der Waals surface area (Å²) in [5.41, 5.74) is 0.271. The molecule has 1 heterocycles. The lowest BCUT2D eigenvalue weighted by Crippen LogP contribution is -2.25. The number of halogens is 4. The van der Waals surface area contributed by atoms with Gasteiger partial charge in [-0.3, -0.25) is 9.36 Å². The molecule has 0 saturated heterocycles. The van der Waals surface area contributed by atoms with Gasteiger partial charge in [0.05, 0.1) is 17.3 Å². The van der Waals surface area contributed by atoms with Crippen molar-refractivity contribution in [3.8, 4) is 0 Å². The van der Waals surface area contributed by atoms with E-state index in [-0.39, 0.29) is 17.2 Å². The van der Waals surface area contributed by atoms with Crippen molar-refractivity contribution in [3.63, 3.8) is 0 Å². The zero-order valence-electron chi connectivity index (χ0n) is 12.7. The van der Waals surface area contributed by atoms with Gasteiger partial charge in [-0.1, -0.05) is 41.5 Å². The van der Waals surface area contributed by atoms with E-state index in [1.165, 1.54) is 4.57 Å². The van der Waals surface area contributed by atoms with Gasteiger partial charge in [0, 0.05) is 16.8 Å². The number of rotatable bonds is 5. The Kier molecular flexibility index (Phi) is 5.78. The first-order valence-corrected chi connectivity index (χ1v) is 8.85. The average Bonchev–Trinajstić information content (AvgIpc) is 2.42.